The molecule has 4 nitrogen and oxygen atoms in total. The van der Waals surface area contributed by atoms with Gasteiger partial charge in [0.05, 0.1) is 0 Å². The largest absolute Gasteiger partial charge is 0.508 e. The van der Waals surface area contributed by atoms with Crippen LogP contribution in [0.25, 0.3) is 0 Å². The van der Waals surface area contributed by atoms with Crippen LogP contribution in [0.15, 0.2) is 36.4 Å². The standard InChI is InChI=1S/C21H26FN3O/c22-20-2-1-3-21(23-20)25-12-10-24(11-13-25)9-8-16-4-5-17-6-7-19(26)15-18(17)14-16/h1-3,6-7,15-16,26H,4-5,8-14H2. The number of nitrogens with zero attached hydrogens (tertiary/aromatic N) is 3. The number of rotatable bonds is 4. The average molecular weight is 355 g/mol. The molecule has 1 atom stereocenters. The van der Waals surface area contributed by atoms with Gasteiger partial charge in [-0.15, -0.1) is 0 Å². The van der Waals surface area contributed by atoms with Gasteiger partial charge in [-0.25, -0.2) is 4.98 Å². The second kappa shape index (κ2) is 7.62. The summed E-state index contributed by atoms with van der Waals surface area (Å²) in [7, 11) is 0. The van der Waals surface area contributed by atoms with Gasteiger partial charge in [-0.3, -0.25) is 4.90 Å². The minimum Gasteiger partial charge on any atom is -0.508 e. The highest BCUT2D eigenvalue weighted by atomic mass is 19.1. The Labute approximate surface area is 154 Å². The third-order valence-corrected chi connectivity index (χ3v) is 5.77. The Kier molecular flexibility index (Phi) is 5.07. The molecular formula is C21H26FN3O. The molecule has 138 valence electrons. The number of aromatic nitrogens is 1. The molecule has 0 amide bonds. The predicted molar refractivity (Wildman–Crippen MR) is 101 cm³/mol. The second-order valence-corrected chi connectivity index (χ2v) is 7.50. The summed E-state index contributed by atoms with van der Waals surface area (Å²) in [6, 6.07) is 10.8. The number of hydrogen-bond donors (Lipinski definition) is 1. The molecule has 1 aromatic heterocycles. The summed E-state index contributed by atoms with van der Waals surface area (Å²) < 4.78 is 13.3. The van der Waals surface area contributed by atoms with Crippen LogP contribution in [-0.2, 0) is 12.8 Å². The van der Waals surface area contributed by atoms with Gasteiger partial charge in [-0.1, -0.05) is 12.1 Å². The second-order valence-electron chi connectivity index (χ2n) is 7.50. The van der Waals surface area contributed by atoms with Crippen molar-refractivity contribution < 1.29 is 9.50 Å². The topological polar surface area (TPSA) is 39.6 Å². The number of fused-ring (bicyclic) bond motifs is 1. The van der Waals surface area contributed by atoms with Gasteiger partial charge in [-0.2, -0.15) is 4.39 Å². The van der Waals surface area contributed by atoms with Crippen molar-refractivity contribution in [2.24, 2.45) is 5.92 Å². The van der Waals surface area contributed by atoms with Gasteiger partial charge >= 0.3 is 0 Å². The quantitative estimate of drug-likeness (QED) is 0.855. The number of phenolic OH excluding ortho intramolecular Hbond substituents is 1. The van der Waals surface area contributed by atoms with Gasteiger partial charge in [-0.05, 0) is 73.5 Å². The van der Waals surface area contributed by atoms with Crippen LogP contribution < -0.4 is 4.90 Å². The lowest BCUT2D eigenvalue weighted by molar-refractivity contribution is 0.232. The number of benzene rings is 1. The summed E-state index contributed by atoms with van der Waals surface area (Å²) in [6.45, 7) is 4.92. The molecule has 1 N–H and O–H groups in total. The lowest BCUT2D eigenvalue weighted by atomic mass is 9.82. The molecule has 1 saturated heterocycles. The molecule has 0 bridgehead atoms. The normalized spacial score (nSPS) is 20.8. The molecule has 5 heteroatoms. The van der Waals surface area contributed by atoms with Crippen molar-refractivity contribution in [3.05, 3.63) is 53.5 Å². The zero-order chi connectivity index (χ0) is 17.9. The molecule has 4 rings (SSSR count). The van der Waals surface area contributed by atoms with Crippen LogP contribution in [0.3, 0.4) is 0 Å². The number of anilines is 1. The first-order valence-corrected chi connectivity index (χ1v) is 9.58. The molecule has 2 heterocycles. The third kappa shape index (κ3) is 3.98. The third-order valence-electron chi connectivity index (χ3n) is 5.77. The fraction of sp³-hybridized carbons (Fsp3) is 0.476. The Balaban J connectivity index is 1.25. The first-order valence-electron chi connectivity index (χ1n) is 9.58. The zero-order valence-corrected chi connectivity index (χ0v) is 15.1. The zero-order valence-electron chi connectivity index (χ0n) is 15.1. The highest BCUT2D eigenvalue weighted by molar-refractivity contribution is 5.38. The fourth-order valence-electron chi connectivity index (χ4n) is 4.20. The predicted octanol–water partition coefficient (Wildman–Crippen LogP) is 3.24. The van der Waals surface area contributed by atoms with E-state index in [0.717, 1.165) is 51.4 Å². The molecule has 26 heavy (non-hydrogen) atoms. The molecule has 1 fully saturated rings. The molecule has 1 aromatic carbocycles. The molecule has 2 aliphatic rings. The van der Waals surface area contributed by atoms with Crippen molar-refractivity contribution in [1.82, 2.24) is 9.88 Å². The molecule has 1 aliphatic heterocycles. The van der Waals surface area contributed by atoms with Crippen molar-refractivity contribution in [2.45, 2.75) is 25.7 Å². The maximum atomic E-state index is 13.3. The lowest BCUT2D eigenvalue weighted by Crippen LogP contribution is -2.47. The van der Waals surface area contributed by atoms with Gasteiger partial charge in [0.15, 0.2) is 0 Å². The summed E-state index contributed by atoms with van der Waals surface area (Å²) in [5, 5.41) is 9.70. The van der Waals surface area contributed by atoms with Crippen LogP contribution >= 0.6 is 0 Å². The molecule has 1 aliphatic carbocycles. The Hall–Kier alpha value is -2.14. The first kappa shape index (κ1) is 17.3. The van der Waals surface area contributed by atoms with Gasteiger partial charge in [0.2, 0.25) is 5.95 Å². The Morgan fingerprint density at radius 3 is 2.73 bits per heavy atom. The Bertz CT molecular complexity index is 759. The van der Waals surface area contributed by atoms with Crippen LogP contribution in [0.2, 0.25) is 0 Å². The number of halogens is 1. The monoisotopic (exact) mass is 355 g/mol. The maximum absolute atomic E-state index is 13.3. The number of piperazine rings is 1. The smallest absolute Gasteiger partial charge is 0.214 e. The highest BCUT2D eigenvalue weighted by Crippen LogP contribution is 2.30. The van der Waals surface area contributed by atoms with Crippen molar-refractivity contribution >= 4 is 5.82 Å². The summed E-state index contributed by atoms with van der Waals surface area (Å²) >= 11 is 0. The van der Waals surface area contributed by atoms with Crippen molar-refractivity contribution in [3.63, 3.8) is 0 Å². The summed E-state index contributed by atoms with van der Waals surface area (Å²) in [4.78, 5) is 8.66. The number of pyridine rings is 1. The van der Waals surface area contributed by atoms with Crippen LogP contribution in [-0.4, -0.2) is 47.7 Å². The van der Waals surface area contributed by atoms with Gasteiger partial charge in [0.1, 0.15) is 11.6 Å². The number of aromatic hydroxyl groups is 1. The van der Waals surface area contributed by atoms with E-state index >= 15 is 0 Å². The maximum Gasteiger partial charge on any atom is 0.214 e. The van der Waals surface area contributed by atoms with Gasteiger partial charge in [0, 0.05) is 26.2 Å². The van der Waals surface area contributed by atoms with Crippen LogP contribution in [0.5, 0.6) is 5.75 Å². The van der Waals surface area contributed by atoms with E-state index in [-0.39, 0.29) is 0 Å². The number of aryl methyl sites for hydroxylation is 1. The van der Waals surface area contributed by atoms with E-state index in [4.69, 9.17) is 0 Å². The molecular weight excluding hydrogens is 329 g/mol. The summed E-state index contributed by atoms with van der Waals surface area (Å²) in [6.07, 6.45) is 4.65. The van der Waals surface area contributed by atoms with Crippen molar-refractivity contribution in [3.8, 4) is 5.75 Å². The van der Waals surface area contributed by atoms with Crippen LogP contribution in [0.4, 0.5) is 10.2 Å². The van der Waals surface area contributed by atoms with Gasteiger partial charge < -0.3 is 10.0 Å². The number of hydrogen-bond acceptors (Lipinski definition) is 4. The van der Waals surface area contributed by atoms with E-state index in [1.54, 1.807) is 12.1 Å². The SMILES string of the molecule is Oc1ccc2c(c1)CC(CCN1CCN(c3cccc(F)n3)CC1)CC2. The minimum atomic E-state index is -0.409. The van der Waals surface area contributed by atoms with Crippen LogP contribution in [0, 0.1) is 11.9 Å². The minimum absolute atomic E-state index is 0.381. The highest BCUT2D eigenvalue weighted by Gasteiger charge is 2.22. The summed E-state index contributed by atoms with van der Waals surface area (Å²) in [5.41, 5.74) is 2.72. The number of phenols is 1. The molecule has 1 unspecified atom stereocenters. The fourth-order valence-corrected chi connectivity index (χ4v) is 4.20. The Morgan fingerprint density at radius 1 is 1.08 bits per heavy atom. The summed E-state index contributed by atoms with van der Waals surface area (Å²) in [5.74, 6) is 1.42. The lowest BCUT2D eigenvalue weighted by Gasteiger charge is -2.36. The average Bonchev–Trinajstić information content (AvgIpc) is 2.66. The molecule has 0 radical (unpaired) electrons. The van der Waals surface area contributed by atoms with E-state index in [2.05, 4.69) is 20.9 Å². The molecule has 0 saturated carbocycles. The van der Waals surface area contributed by atoms with E-state index in [1.807, 2.05) is 12.1 Å². The van der Waals surface area contributed by atoms with E-state index in [9.17, 15) is 9.50 Å². The Morgan fingerprint density at radius 2 is 1.92 bits per heavy atom. The van der Waals surface area contributed by atoms with E-state index in [1.165, 1.54) is 30.0 Å². The molecule has 2 aromatic rings. The van der Waals surface area contributed by atoms with E-state index < -0.39 is 5.95 Å². The molecule has 0 spiro atoms. The van der Waals surface area contributed by atoms with Crippen LogP contribution in [0.1, 0.15) is 24.0 Å². The van der Waals surface area contributed by atoms with Crippen molar-refractivity contribution in [1.29, 1.82) is 0 Å². The first-order chi connectivity index (χ1) is 12.7. The van der Waals surface area contributed by atoms with Gasteiger partial charge in [0.25, 0.3) is 0 Å². The van der Waals surface area contributed by atoms with Crippen molar-refractivity contribution in [2.75, 3.05) is 37.6 Å². The van der Waals surface area contributed by atoms with E-state index in [0.29, 0.717) is 11.7 Å².